The lowest BCUT2D eigenvalue weighted by Crippen LogP contribution is -1.99. The first-order valence-electron chi connectivity index (χ1n) is 7.66. The molecule has 0 saturated carbocycles. The van der Waals surface area contributed by atoms with Crippen LogP contribution in [0.4, 0.5) is 0 Å². The first-order chi connectivity index (χ1) is 12.2. The van der Waals surface area contributed by atoms with E-state index in [9.17, 15) is 0 Å². The molecule has 0 spiro atoms. The van der Waals surface area contributed by atoms with E-state index >= 15 is 0 Å². The second-order valence-electron chi connectivity index (χ2n) is 5.20. The summed E-state index contributed by atoms with van der Waals surface area (Å²) in [6.45, 7) is 0. The van der Waals surface area contributed by atoms with E-state index in [1.54, 1.807) is 28.4 Å². The lowest BCUT2D eigenvalue weighted by molar-refractivity contribution is 0.324. The highest BCUT2D eigenvalue weighted by molar-refractivity contribution is 7.92. The third-order valence-electron chi connectivity index (χ3n) is 3.79. The fraction of sp³-hybridized carbons (Fsp3) is 0.333. The number of benzene rings is 2. The molecule has 136 valence electrons. The highest BCUT2D eigenvalue weighted by Gasteiger charge is 2.13. The molecule has 2 rings (SSSR count). The van der Waals surface area contributed by atoms with Gasteiger partial charge >= 0.3 is 0 Å². The zero-order valence-electron chi connectivity index (χ0n) is 14.8. The molecule has 0 fully saturated rings. The summed E-state index contributed by atoms with van der Waals surface area (Å²) >= 11 is 0.794. The van der Waals surface area contributed by atoms with Crippen molar-refractivity contribution in [3.05, 3.63) is 41.5 Å². The molecule has 0 saturated heterocycles. The molecule has 0 aliphatic heterocycles. The largest absolute Gasteiger partial charge is 0.493 e. The quantitative estimate of drug-likeness (QED) is 0.539. The third-order valence-corrected chi connectivity index (χ3v) is 4.07. The van der Waals surface area contributed by atoms with Gasteiger partial charge in [0.1, 0.15) is 12.2 Å². The molecule has 6 nitrogen and oxygen atoms in total. The molecule has 0 heterocycles. The Labute approximate surface area is 152 Å². The van der Waals surface area contributed by atoms with Gasteiger partial charge in [-0.15, -0.1) is 0 Å². The highest BCUT2D eigenvalue weighted by Crippen LogP contribution is 2.38. The van der Waals surface area contributed by atoms with Crippen molar-refractivity contribution >= 4 is 12.2 Å². The van der Waals surface area contributed by atoms with Crippen molar-refractivity contribution < 1.29 is 23.1 Å². The summed E-state index contributed by atoms with van der Waals surface area (Å²) in [6, 6.07) is 9.72. The van der Waals surface area contributed by atoms with E-state index < -0.39 is 0 Å². The van der Waals surface area contributed by atoms with E-state index in [-0.39, 0.29) is 0 Å². The van der Waals surface area contributed by atoms with Gasteiger partial charge in [-0.2, -0.15) is 0 Å². The fourth-order valence-corrected chi connectivity index (χ4v) is 2.80. The molecule has 0 aliphatic carbocycles. The minimum atomic E-state index is 0.592. The van der Waals surface area contributed by atoms with E-state index in [1.807, 2.05) is 30.3 Å². The fourth-order valence-electron chi connectivity index (χ4n) is 2.56. The van der Waals surface area contributed by atoms with Crippen LogP contribution in [0.25, 0.3) is 0 Å². The molecule has 7 heteroatoms. The number of rotatable bonds is 9. The smallest absolute Gasteiger partial charge is 0.203 e. The molecule has 0 bridgehead atoms. The van der Waals surface area contributed by atoms with E-state index in [0.717, 1.165) is 36.2 Å². The Bertz CT molecular complexity index is 683. The van der Waals surface area contributed by atoms with Gasteiger partial charge in [-0.3, -0.25) is 0 Å². The van der Waals surface area contributed by atoms with E-state index in [1.165, 1.54) is 0 Å². The summed E-state index contributed by atoms with van der Waals surface area (Å²) < 4.78 is 26.7. The monoisotopic (exact) mass is 365 g/mol. The zero-order valence-corrected chi connectivity index (χ0v) is 15.6. The van der Waals surface area contributed by atoms with Crippen LogP contribution in [0.3, 0.4) is 0 Å². The Kier molecular flexibility index (Phi) is 7.09. The SMILES string of the molecule is COc1ccc(CCc2cc(OC)c(OC)c(OC)c2)cc1OSN. The summed E-state index contributed by atoms with van der Waals surface area (Å²) in [5.74, 6) is 3.14. The van der Waals surface area contributed by atoms with Gasteiger partial charge in [-0.25, -0.2) is 5.14 Å². The van der Waals surface area contributed by atoms with Crippen molar-refractivity contribution in [2.45, 2.75) is 12.8 Å². The van der Waals surface area contributed by atoms with Gasteiger partial charge in [0.15, 0.2) is 23.0 Å². The van der Waals surface area contributed by atoms with Crippen LogP contribution in [0.2, 0.25) is 0 Å². The molecule has 0 atom stereocenters. The van der Waals surface area contributed by atoms with Crippen molar-refractivity contribution in [3.8, 4) is 28.7 Å². The van der Waals surface area contributed by atoms with Gasteiger partial charge in [0, 0.05) is 0 Å². The topological polar surface area (TPSA) is 72.2 Å². The highest BCUT2D eigenvalue weighted by atomic mass is 32.2. The Balaban J connectivity index is 2.19. The summed E-state index contributed by atoms with van der Waals surface area (Å²) in [5.41, 5.74) is 2.19. The lowest BCUT2D eigenvalue weighted by Gasteiger charge is -2.14. The Morgan fingerprint density at radius 2 is 1.28 bits per heavy atom. The van der Waals surface area contributed by atoms with Gasteiger partial charge in [0.05, 0.1) is 28.4 Å². The average molecular weight is 365 g/mol. The summed E-state index contributed by atoms with van der Waals surface area (Å²) in [7, 11) is 6.41. The van der Waals surface area contributed by atoms with Crippen LogP contribution in [0.5, 0.6) is 28.7 Å². The minimum absolute atomic E-state index is 0.592. The number of aryl methyl sites for hydroxylation is 2. The molecule has 0 amide bonds. The predicted molar refractivity (Wildman–Crippen MR) is 98.9 cm³/mol. The van der Waals surface area contributed by atoms with Crippen LogP contribution in [0, 0.1) is 0 Å². The van der Waals surface area contributed by atoms with Crippen LogP contribution in [0.1, 0.15) is 11.1 Å². The summed E-state index contributed by atoms with van der Waals surface area (Å²) in [6.07, 6.45) is 1.62. The zero-order chi connectivity index (χ0) is 18.2. The summed E-state index contributed by atoms with van der Waals surface area (Å²) in [4.78, 5) is 0. The van der Waals surface area contributed by atoms with E-state index in [2.05, 4.69) is 0 Å². The van der Waals surface area contributed by atoms with Crippen LogP contribution < -0.4 is 28.3 Å². The van der Waals surface area contributed by atoms with E-state index in [0.29, 0.717) is 28.7 Å². The maximum Gasteiger partial charge on any atom is 0.203 e. The summed E-state index contributed by atoms with van der Waals surface area (Å²) in [5, 5.41) is 5.39. The number of methoxy groups -OCH3 is 4. The minimum Gasteiger partial charge on any atom is -0.493 e. The molecule has 0 aromatic heterocycles. The van der Waals surface area contributed by atoms with Gasteiger partial charge in [0.2, 0.25) is 5.75 Å². The molecule has 0 unspecified atom stereocenters. The molecule has 2 aromatic rings. The number of hydrogen-bond acceptors (Lipinski definition) is 7. The number of hydrogen-bond donors (Lipinski definition) is 1. The Hall–Kier alpha value is -2.25. The van der Waals surface area contributed by atoms with Gasteiger partial charge in [-0.05, 0) is 48.2 Å². The Morgan fingerprint density at radius 1 is 0.720 bits per heavy atom. The molecule has 0 radical (unpaired) electrons. The van der Waals surface area contributed by atoms with Gasteiger partial charge < -0.3 is 23.1 Å². The van der Waals surface area contributed by atoms with Gasteiger partial charge in [-0.1, -0.05) is 6.07 Å². The first-order valence-corrected chi connectivity index (χ1v) is 8.46. The Morgan fingerprint density at radius 3 is 1.80 bits per heavy atom. The maximum absolute atomic E-state index is 5.39. The van der Waals surface area contributed by atoms with Crippen LogP contribution in [-0.2, 0) is 12.8 Å². The first kappa shape index (κ1) is 19.1. The van der Waals surface area contributed by atoms with Crippen LogP contribution in [-0.4, -0.2) is 28.4 Å². The van der Waals surface area contributed by atoms with Crippen molar-refractivity contribution in [3.63, 3.8) is 0 Å². The average Bonchev–Trinajstić information content (AvgIpc) is 2.65. The van der Waals surface area contributed by atoms with Gasteiger partial charge in [0.25, 0.3) is 0 Å². The van der Waals surface area contributed by atoms with Crippen molar-refractivity contribution in [1.82, 2.24) is 0 Å². The predicted octanol–water partition coefficient (Wildman–Crippen LogP) is 3.41. The van der Waals surface area contributed by atoms with Crippen molar-refractivity contribution in [1.29, 1.82) is 0 Å². The van der Waals surface area contributed by atoms with Crippen LogP contribution in [0.15, 0.2) is 30.3 Å². The molecule has 0 aliphatic rings. The second-order valence-corrected chi connectivity index (χ2v) is 5.56. The van der Waals surface area contributed by atoms with Crippen molar-refractivity contribution in [2.75, 3.05) is 28.4 Å². The third kappa shape index (κ3) is 4.64. The lowest BCUT2D eigenvalue weighted by atomic mass is 10.0. The maximum atomic E-state index is 5.39. The molecule has 25 heavy (non-hydrogen) atoms. The van der Waals surface area contributed by atoms with Crippen LogP contribution >= 0.6 is 12.2 Å². The molecular formula is C18H23NO5S. The molecule has 2 N–H and O–H groups in total. The van der Waals surface area contributed by atoms with E-state index in [4.69, 9.17) is 28.3 Å². The van der Waals surface area contributed by atoms with Crippen molar-refractivity contribution in [2.24, 2.45) is 5.14 Å². The number of nitrogens with two attached hydrogens (primary N) is 1. The molecular weight excluding hydrogens is 342 g/mol. The molecule has 2 aromatic carbocycles. The number of ether oxygens (including phenoxy) is 4. The normalized spacial score (nSPS) is 10.3. The second kappa shape index (κ2) is 9.29. The standard InChI is InChI=1S/C18H23NO5S/c1-20-14-8-7-12(9-15(14)24-25-19)5-6-13-10-16(21-2)18(23-4)17(11-13)22-3/h7-11H,5-6,19H2,1-4H3.